The Morgan fingerprint density at radius 1 is 1.55 bits per heavy atom. The normalized spacial score (nSPS) is 19.1. The van der Waals surface area contributed by atoms with Gasteiger partial charge in [-0.2, -0.15) is 0 Å². The van der Waals surface area contributed by atoms with Crippen LogP contribution in [-0.4, -0.2) is 23.9 Å². The van der Waals surface area contributed by atoms with Gasteiger partial charge in [-0.15, -0.1) is 0 Å². The highest BCUT2D eigenvalue weighted by molar-refractivity contribution is 6.31. The number of aryl methyl sites for hydroxylation is 1. The summed E-state index contributed by atoms with van der Waals surface area (Å²) in [5.74, 6) is 0.0463. The van der Waals surface area contributed by atoms with Crippen molar-refractivity contribution in [1.29, 1.82) is 0 Å². The first-order chi connectivity index (χ1) is 9.49. The largest absolute Gasteiger partial charge is 0.367 e. The smallest absolute Gasteiger partial charge is 0.242 e. The quantitative estimate of drug-likeness (QED) is 0.927. The molecule has 3 nitrogen and oxygen atoms in total. The summed E-state index contributed by atoms with van der Waals surface area (Å²) < 4.78 is 0. The molecule has 0 spiro atoms. The molecule has 1 aliphatic rings. The van der Waals surface area contributed by atoms with E-state index in [0.29, 0.717) is 11.6 Å². The van der Waals surface area contributed by atoms with Crippen molar-refractivity contribution in [3.05, 3.63) is 46.6 Å². The predicted molar refractivity (Wildman–Crippen MR) is 82.6 cm³/mol. The molecule has 1 amide bonds. The van der Waals surface area contributed by atoms with Crippen LogP contribution in [0.15, 0.2) is 30.5 Å². The first-order valence-corrected chi connectivity index (χ1v) is 7.30. The highest BCUT2D eigenvalue weighted by Gasteiger charge is 2.27. The van der Waals surface area contributed by atoms with Crippen molar-refractivity contribution in [3.8, 4) is 0 Å². The Kier molecular flexibility index (Phi) is 4.71. The van der Waals surface area contributed by atoms with Crippen molar-refractivity contribution in [2.45, 2.75) is 38.8 Å². The number of benzene rings is 1. The van der Waals surface area contributed by atoms with Gasteiger partial charge in [0.1, 0.15) is 6.04 Å². The SMILES string of the molecule is C=C1CCCC(C(=O)NCc2ccc(C)cc2Cl)N1C. The molecule has 1 heterocycles. The monoisotopic (exact) mass is 292 g/mol. The third-order valence-electron chi connectivity index (χ3n) is 3.87. The van der Waals surface area contributed by atoms with Crippen LogP contribution in [0.1, 0.15) is 30.4 Å². The van der Waals surface area contributed by atoms with Gasteiger partial charge in [-0.3, -0.25) is 4.79 Å². The number of rotatable bonds is 3. The highest BCUT2D eigenvalue weighted by atomic mass is 35.5. The Labute approximate surface area is 125 Å². The van der Waals surface area contributed by atoms with E-state index in [4.69, 9.17) is 11.6 Å². The van der Waals surface area contributed by atoms with Crippen molar-refractivity contribution in [3.63, 3.8) is 0 Å². The molecule has 0 aliphatic carbocycles. The lowest BCUT2D eigenvalue weighted by Gasteiger charge is -2.34. The van der Waals surface area contributed by atoms with Crippen molar-refractivity contribution in [1.82, 2.24) is 10.2 Å². The lowest BCUT2D eigenvalue weighted by atomic mass is 10.00. The van der Waals surface area contributed by atoms with Gasteiger partial charge in [-0.25, -0.2) is 0 Å². The molecular formula is C16H21ClN2O. The fraction of sp³-hybridized carbons (Fsp3) is 0.438. The van der Waals surface area contributed by atoms with Crippen LogP contribution in [0.25, 0.3) is 0 Å². The molecule has 4 heteroatoms. The molecule has 1 fully saturated rings. The molecule has 0 aromatic heterocycles. The highest BCUT2D eigenvalue weighted by Crippen LogP contribution is 2.23. The number of hydrogen-bond acceptors (Lipinski definition) is 2. The van der Waals surface area contributed by atoms with Gasteiger partial charge < -0.3 is 10.2 Å². The second-order valence-electron chi connectivity index (χ2n) is 5.40. The van der Waals surface area contributed by atoms with Gasteiger partial charge >= 0.3 is 0 Å². The van der Waals surface area contributed by atoms with E-state index in [9.17, 15) is 4.79 Å². The Bertz CT molecular complexity index is 527. The predicted octanol–water partition coefficient (Wildman–Crippen LogP) is 3.26. The maximum Gasteiger partial charge on any atom is 0.242 e. The molecule has 1 aliphatic heterocycles. The van der Waals surface area contributed by atoms with E-state index in [1.165, 1.54) is 0 Å². The molecule has 108 valence electrons. The van der Waals surface area contributed by atoms with E-state index in [2.05, 4.69) is 11.9 Å². The third-order valence-corrected chi connectivity index (χ3v) is 4.23. The third kappa shape index (κ3) is 3.34. The van der Waals surface area contributed by atoms with Gasteiger partial charge in [0.2, 0.25) is 5.91 Å². The molecule has 0 saturated carbocycles. The Morgan fingerprint density at radius 3 is 3.00 bits per heavy atom. The van der Waals surface area contributed by atoms with Crippen molar-refractivity contribution >= 4 is 17.5 Å². The van der Waals surface area contributed by atoms with Crippen LogP contribution in [0.3, 0.4) is 0 Å². The molecule has 1 atom stereocenters. The number of piperidine rings is 1. The molecular weight excluding hydrogens is 272 g/mol. The lowest BCUT2D eigenvalue weighted by Crippen LogP contribution is -2.46. The second-order valence-corrected chi connectivity index (χ2v) is 5.81. The maximum absolute atomic E-state index is 12.3. The van der Waals surface area contributed by atoms with E-state index < -0.39 is 0 Å². The van der Waals surface area contributed by atoms with Crippen LogP contribution in [0.4, 0.5) is 0 Å². The minimum atomic E-state index is -0.111. The Balaban J connectivity index is 1.96. The summed E-state index contributed by atoms with van der Waals surface area (Å²) in [5, 5.41) is 3.67. The Hall–Kier alpha value is -1.48. The fourth-order valence-electron chi connectivity index (χ4n) is 2.49. The first kappa shape index (κ1) is 14.9. The fourth-order valence-corrected chi connectivity index (χ4v) is 2.79. The molecule has 1 aromatic rings. The number of likely N-dealkylation sites (N-methyl/N-ethyl adjacent to an activating group) is 1. The summed E-state index contributed by atoms with van der Waals surface area (Å²) in [6.45, 7) is 6.46. The number of nitrogens with zero attached hydrogens (tertiary/aromatic N) is 1. The van der Waals surface area contributed by atoms with Crippen LogP contribution < -0.4 is 5.32 Å². The first-order valence-electron chi connectivity index (χ1n) is 6.92. The number of hydrogen-bond donors (Lipinski definition) is 1. The average molecular weight is 293 g/mol. The molecule has 1 saturated heterocycles. The van der Waals surface area contributed by atoms with Crippen LogP contribution >= 0.6 is 11.6 Å². The number of carbonyl (C=O) groups is 1. The van der Waals surface area contributed by atoms with Crippen molar-refractivity contribution in [2.75, 3.05) is 7.05 Å². The maximum atomic E-state index is 12.3. The zero-order chi connectivity index (χ0) is 14.7. The van der Waals surface area contributed by atoms with E-state index in [1.54, 1.807) is 0 Å². The van der Waals surface area contributed by atoms with Gasteiger partial charge in [0.15, 0.2) is 0 Å². The second kappa shape index (κ2) is 6.31. The molecule has 20 heavy (non-hydrogen) atoms. The summed E-state index contributed by atoms with van der Waals surface area (Å²) in [6, 6.07) is 5.77. The summed E-state index contributed by atoms with van der Waals surface area (Å²) in [6.07, 6.45) is 2.87. The molecule has 0 radical (unpaired) electrons. The summed E-state index contributed by atoms with van der Waals surface area (Å²) in [5.41, 5.74) is 3.10. The minimum Gasteiger partial charge on any atom is -0.367 e. The standard InChI is InChI=1S/C16H21ClN2O/c1-11-7-8-13(14(17)9-11)10-18-16(20)15-6-4-5-12(2)19(15)3/h7-9,15H,2,4-6,10H2,1,3H3,(H,18,20). The number of nitrogens with one attached hydrogen (secondary N) is 1. The zero-order valence-corrected chi connectivity index (χ0v) is 12.8. The van der Waals surface area contributed by atoms with Gasteiger partial charge in [0, 0.05) is 24.3 Å². The lowest BCUT2D eigenvalue weighted by molar-refractivity contribution is -0.126. The number of likely N-dealkylation sites (tertiary alicyclic amines) is 1. The van der Waals surface area contributed by atoms with Crippen LogP contribution in [0.5, 0.6) is 0 Å². The number of amides is 1. The molecule has 2 rings (SSSR count). The number of carbonyl (C=O) groups excluding carboxylic acids is 1. The van der Waals surface area contributed by atoms with Gasteiger partial charge in [-0.1, -0.05) is 30.3 Å². The summed E-state index contributed by atoms with van der Waals surface area (Å²) >= 11 is 6.17. The average Bonchev–Trinajstić information content (AvgIpc) is 2.40. The summed E-state index contributed by atoms with van der Waals surface area (Å²) in [4.78, 5) is 14.3. The Morgan fingerprint density at radius 2 is 2.30 bits per heavy atom. The van der Waals surface area contributed by atoms with Gasteiger partial charge in [0.25, 0.3) is 0 Å². The van der Waals surface area contributed by atoms with Crippen molar-refractivity contribution in [2.24, 2.45) is 0 Å². The van der Waals surface area contributed by atoms with E-state index in [0.717, 1.165) is 36.1 Å². The topological polar surface area (TPSA) is 32.3 Å². The number of halogens is 1. The van der Waals surface area contributed by atoms with Crippen LogP contribution in [0, 0.1) is 6.92 Å². The van der Waals surface area contributed by atoms with Crippen LogP contribution in [0.2, 0.25) is 5.02 Å². The molecule has 1 unspecified atom stereocenters. The van der Waals surface area contributed by atoms with Gasteiger partial charge in [0.05, 0.1) is 0 Å². The van der Waals surface area contributed by atoms with Crippen LogP contribution in [-0.2, 0) is 11.3 Å². The molecule has 1 aromatic carbocycles. The zero-order valence-electron chi connectivity index (χ0n) is 12.1. The summed E-state index contributed by atoms with van der Waals surface area (Å²) in [7, 11) is 1.94. The van der Waals surface area contributed by atoms with Crippen molar-refractivity contribution < 1.29 is 4.79 Å². The van der Waals surface area contributed by atoms with E-state index in [1.807, 2.05) is 37.1 Å². The van der Waals surface area contributed by atoms with E-state index >= 15 is 0 Å². The minimum absolute atomic E-state index is 0.0463. The van der Waals surface area contributed by atoms with Gasteiger partial charge in [-0.05, 0) is 43.4 Å². The van der Waals surface area contributed by atoms with E-state index in [-0.39, 0.29) is 11.9 Å². The molecule has 1 N–H and O–H groups in total. The number of allylic oxidation sites excluding steroid dienone is 1. The molecule has 0 bridgehead atoms.